The minimum absolute atomic E-state index is 0.0631. The molecule has 0 fully saturated rings. The maximum Gasteiger partial charge on any atom is 0.146 e. The molecule has 0 saturated heterocycles. The van der Waals surface area contributed by atoms with Crippen LogP contribution < -0.4 is 10.5 Å². The number of ether oxygens (including phenoxy) is 1. The smallest absolute Gasteiger partial charge is 0.146 e. The van der Waals surface area contributed by atoms with E-state index < -0.39 is 0 Å². The number of hydrogen-bond acceptors (Lipinski definition) is 3. The zero-order valence-electron chi connectivity index (χ0n) is 7.24. The molecular formula is C9H13NO2. The van der Waals surface area contributed by atoms with Gasteiger partial charge < -0.3 is 15.6 Å². The van der Waals surface area contributed by atoms with Crippen molar-refractivity contribution in [3.05, 3.63) is 18.2 Å². The number of aromatic hydroxyl groups is 1. The predicted molar refractivity (Wildman–Crippen MR) is 48.3 cm³/mol. The lowest BCUT2D eigenvalue weighted by Gasteiger charge is -2.12. The van der Waals surface area contributed by atoms with Gasteiger partial charge in [0.15, 0.2) is 0 Å². The first-order valence-electron chi connectivity index (χ1n) is 3.85. The average Bonchev–Trinajstić information content (AvgIpc) is 1.98. The third-order valence-electron chi connectivity index (χ3n) is 1.41. The molecule has 0 aliphatic rings. The Kier molecular flexibility index (Phi) is 2.43. The number of para-hydroxylation sites is 1. The molecule has 0 amide bonds. The third kappa shape index (κ3) is 1.81. The van der Waals surface area contributed by atoms with Gasteiger partial charge in [0, 0.05) is 0 Å². The molecular weight excluding hydrogens is 154 g/mol. The van der Waals surface area contributed by atoms with Crippen molar-refractivity contribution in [2.75, 3.05) is 5.73 Å². The van der Waals surface area contributed by atoms with Gasteiger partial charge in [-0.15, -0.1) is 0 Å². The Morgan fingerprint density at radius 2 is 2.08 bits per heavy atom. The molecule has 1 rings (SSSR count). The Hall–Kier alpha value is -1.38. The number of nitrogen functional groups attached to an aromatic ring is 1. The van der Waals surface area contributed by atoms with Crippen molar-refractivity contribution in [1.82, 2.24) is 0 Å². The topological polar surface area (TPSA) is 55.5 Å². The lowest BCUT2D eigenvalue weighted by molar-refractivity contribution is 0.243. The monoisotopic (exact) mass is 167 g/mol. The zero-order valence-corrected chi connectivity index (χ0v) is 7.24. The lowest BCUT2D eigenvalue weighted by atomic mass is 10.2. The van der Waals surface area contributed by atoms with Crippen molar-refractivity contribution < 1.29 is 9.84 Å². The summed E-state index contributed by atoms with van der Waals surface area (Å²) >= 11 is 0. The van der Waals surface area contributed by atoms with Crippen molar-refractivity contribution in [2.45, 2.75) is 20.0 Å². The zero-order chi connectivity index (χ0) is 9.14. The fourth-order valence-corrected chi connectivity index (χ4v) is 0.889. The largest absolute Gasteiger partial charge is 0.506 e. The second-order valence-corrected chi connectivity index (χ2v) is 2.86. The van der Waals surface area contributed by atoms with Gasteiger partial charge >= 0.3 is 0 Å². The highest BCUT2D eigenvalue weighted by molar-refractivity contribution is 5.61. The van der Waals surface area contributed by atoms with E-state index in [1.807, 2.05) is 13.8 Å². The van der Waals surface area contributed by atoms with Crippen LogP contribution in [0.25, 0.3) is 0 Å². The standard InChI is InChI=1S/C9H13NO2/c1-6(2)12-8-5-3-4-7(11)9(8)10/h3-6,11H,10H2,1-2H3. The maximum atomic E-state index is 9.21. The molecule has 66 valence electrons. The van der Waals surface area contributed by atoms with Crippen molar-refractivity contribution >= 4 is 5.69 Å². The van der Waals surface area contributed by atoms with Crippen LogP contribution >= 0.6 is 0 Å². The van der Waals surface area contributed by atoms with E-state index in [9.17, 15) is 5.11 Å². The molecule has 0 saturated carbocycles. The second-order valence-electron chi connectivity index (χ2n) is 2.86. The van der Waals surface area contributed by atoms with Crippen LogP contribution in [0.5, 0.6) is 11.5 Å². The number of benzene rings is 1. The Morgan fingerprint density at radius 3 is 2.67 bits per heavy atom. The van der Waals surface area contributed by atoms with Gasteiger partial charge in [-0.3, -0.25) is 0 Å². The molecule has 0 radical (unpaired) electrons. The van der Waals surface area contributed by atoms with Crippen molar-refractivity contribution in [3.63, 3.8) is 0 Å². The highest BCUT2D eigenvalue weighted by Gasteiger charge is 2.05. The number of hydrogen-bond donors (Lipinski definition) is 2. The number of phenols is 1. The van der Waals surface area contributed by atoms with E-state index in [1.54, 1.807) is 12.1 Å². The van der Waals surface area contributed by atoms with E-state index in [0.29, 0.717) is 11.4 Å². The summed E-state index contributed by atoms with van der Waals surface area (Å²) in [7, 11) is 0. The first-order valence-corrected chi connectivity index (χ1v) is 3.85. The molecule has 0 aliphatic carbocycles. The molecule has 1 aromatic rings. The number of anilines is 1. The molecule has 12 heavy (non-hydrogen) atoms. The van der Waals surface area contributed by atoms with Crippen LogP contribution in [0.2, 0.25) is 0 Å². The first-order chi connectivity index (χ1) is 5.61. The first kappa shape index (κ1) is 8.71. The number of phenolic OH excluding ortho intramolecular Hbond substituents is 1. The molecule has 1 aromatic carbocycles. The molecule has 0 atom stereocenters. The molecule has 0 bridgehead atoms. The van der Waals surface area contributed by atoms with E-state index >= 15 is 0 Å². The van der Waals surface area contributed by atoms with E-state index in [0.717, 1.165) is 0 Å². The van der Waals surface area contributed by atoms with Gasteiger partial charge in [-0.05, 0) is 26.0 Å². The minimum atomic E-state index is 0.0631. The second kappa shape index (κ2) is 3.34. The molecule has 3 N–H and O–H groups in total. The third-order valence-corrected chi connectivity index (χ3v) is 1.41. The average molecular weight is 167 g/mol. The Labute approximate surface area is 71.8 Å². The van der Waals surface area contributed by atoms with E-state index in [1.165, 1.54) is 6.07 Å². The van der Waals surface area contributed by atoms with Crippen molar-refractivity contribution in [3.8, 4) is 11.5 Å². The molecule has 0 unspecified atom stereocenters. The Morgan fingerprint density at radius 1 is 1.42 bits per heavy atom. The van der Waals surface area contributed by atoms with Crippen LogP contribution in [0.3, 0.4) is 0 Å². The normalized spacial score (nSPS) is 10.2. The van der Waals surface area contributed by atoms with Gasteiger partial charge in [0.05, 0.1) is 6.10 Å². The summed E-state index contributed by atoms with van der Waals surface area (Å²) in [5.74, 6) is 0.596. The van der Waals surface area contributed by atoms with Crippen molar-refractivity contribution in [2.24, 2.45) is 0 Å². The summed E-state index contributed by atoms with van der Waals surface area (Å²) in [5.41, 5.74) is 5.85. The highest BCUT2D eigenvalue weighted by Crippen LogP contribution is 2.30. The predicted octanol–water partition coefficient (Wildman–Crippen LogP) is 1.76. The highest BCUT2D eigenvalue weighted by atomic mass is 16.5. The number of rotatable bonds is 2. The van der Waals surface area contributed by atoms with Crippen LogP contribution in [0, 0.1) is 0 Å². The summed E-state index contributed by atoms with van der Waals surface area (Å²) in [5, 5.41) is 9.21. The Bertz CT molecular complexity index is 271. The molecule has 3 heteroatoms. The Balaban J connectivity index is 2.92. The van der Waals surface area contributed by atoms with Gasteiger partial charge in [0.2, 0.25) is 0 Å². The van der Waals surface area contributed by atoms with Gasteiger partial charge in [0.25, 0.3) is 0 Å². The summed E-state index contributed by atoms with van der Waals surface area (Å²) < 4.78 is 5.34. The van der Waals surface area contributed by atoms with Crippen molar-refractivity contribution in [1.29, 1.82) is 0 Å². The quantitative estimate of drug-likeness (QED) is 0.521. The summed E-state index contributed by atoms with van der Waals surface area (Å²) in [6.45, 7) is 3.81. The summed E-state index contributed by atoms with van der Waals surface area (Å²) in [6.07, 6.45) is 0.0640. The van der Waals surface area contributed by atoms with E-state index in [4.69, 9.17) is 10.5 Å². The van der Waals surface area contributed by atoms with Crippen LogP contribution in [-0.2, 0) is 0 Å². The van der Waals surface area contributed by atoms with Crippen LogP contribution in [0.15, 0.2) is 18.2 Å². The summed E-state index contributed by atoms with van der Waals surface area (Å²) in [6, 6.07) is 4.96. The van der Waals surface area contributed by atoms with Crippen LogP contribution in [-0.4, -0.2) is 11.2 Å². The van der Waals surface area contributed by atoms with Gasteiger partial charge in [-0.1, -0.05) is 6.07 Å². The van der Waals surface area contributed by atoms with Crippen LogP contribution in [0.1, 0.15) is 13.8 Å². The van der Waals surface area contributed by atoms with Gasteiger partial charge in [0.1, 0.15) is 17.2 Å². The minimum Gasteiger partial charge on any atom is -0.506 e. The van der Waals surface area contributed by atoms with E-state index in [-0.39, 0.29) is 11.9 Å². The van der Waals surface area contributed by atoms with Gasteiger partial charge in [-0.25, -0.2) is 0 Å². The molecule has 0 heterocycles. The lowest BCUT2D eigenvalue weighted by Crippen LogP contribution is -2.07. The van der Waals surface area contributed by atoms with Crippen LogP contribution in [0.4, 0.5) is 5.69 Å². The van der Waals surface area contributed by atoms with E-state index in [2.05, 4.69) is 0 Å². The molecule has 0 spiro atoms. The van der Waals surface area contributed by atoms with Gasteiger partial charge in [-0.2, -0.15) is 0 Å². The fraction of sp³-hybridized carbons (Fsp3) is 0.333. The SMILES string of the molecule is CC(C)Oc1cccc(O)c1N. The number of nitrogens with two attached hydrogens (primary N) is 1. The molecule has 3 nitrogen and oxygen atoms in total. The summed E-state index contributed by atoms with van der Waals surface area (Å²) in [4.78, 5) is 0. The molecule has 0 aromatic heterocycles. The molecule has 0 aliphatic heterocycles. The maximum absolute atomic E-state index is 9.21. The fourth-order valence-electron chi connectivity index (χ4n) is 0.889.